The summed E-state index contributed by atoms with van der Waals surface area (Å²) in [6.07, 6.45) is 1.64. The first-order valence-corrected chi connectivity index (χ1v) is 8.13. The third kappa shape index (κ3) is 3.02. The summed E-state index contributed by atoms with van der Waals surface area (Å²) in [5.74, 6) is -0.414. The molecule has 0 aromatic rings. The predicted octanol–water partition coefficient (Wildman–Crippen LogP) is 1.06. The van der Waals surface area contributed by atoms with Gasteiger partial charge in [0.25, 0.3) is 0 Å². The van der Waals surface area contributed by atoms with E-state index in [1.807, 2.05) is 6.92 Å². The number of aliphatic carboxylic acids is 1. The Hall–Kier alpha value is -1.24. The summed E-state index contributed by atoms with van der Waals surface area (Å²) in [4.78, 5) is 36.7. The maximum Gasteiger partial charge on any atom is 0.309 e. The van der Waals surface area contributed by atoms with Gasteiger partial charge in [-0.2, -0.15) is 0 Å². The Balaban J connectivity index is 1.90. The van der Waals surface area contributed by atoms with Crippen molar-refractivity contribution in [2.24, 2.45) is 5.41 Å². The third-order valence-electron chi connectivity index (χ3n) is 4.38. The second-order valence-electron chi connectivity index (χ2n) is 6.50. The Kier molecular flexibility index (Phi) is 4.24. The Bertz CT molecular complexity index is 480. The van der Waals surface area contributed by atoms with Crippen LogP contribution in [0.3, 0.4) is 0 Å². The fraction of sp³-hybridized carbons (Fsp3) is 0.786. The first-order valence-electron chi connectivity index (χ1n) is 7.15. The molecule has 0 aliphatic carbocycles. The molecular formula is C14H22N2O4S. The van der Waals surface area contributed by atoms with Crippen molar-refractivity contribution in [3.63, 3.8) is 0 Å². The maximum atomic E-state index is 12.3. The maximum absolute atomic E-state index is 12.3. The highest BCUT2D eigenvalue weighted by atomic mass is 32.2. The molecule has 21 heavy (non-hydrogen) atoms. The summed E-state index contributed by atoms with van der Waals surface area (Å²) in [7, 11) is 0. The molecule has 0 aromatic heterocycles. The number of hydrogen-bond acceptors (Lipinski definition) is 4. The van der Waals surface area contributed by atoms with Gasteiger partial charge < -0.3 is 15.3 Å². The number of thioether (sulfide) groups is 1. The molecule has 6 nitrogen and oxygen atoms in total. The second kappa shape index (κ2) is 5.51. The molecule has 0 bridgehead atoms. The first kappa shape index (κ1) is 16.1. The van der Waals surface area contributed by atoms with E-state index >= 15 is 0 Å². The van der Waals surface area contributed by atoms with Crippen molar-refractivity contribution in [1.29, 1.82) is 0 Å². The molecule has 2 saturated heterocycles. The number of nitrogens with zero attached hydrogens (tertiary/aromatic N) is 1. The lowest BCUT2D eigenvalue weighted by molar-refractivity contribution is -0.147. The predicted molar refractivity (Wildman–Crippen MR) is 79.8 cm³/mol. The molecule has 2 N–H and O–H groups in total. The SMILES string of the molecule is CC(C)(CCNC(=O)C1CSC2(C)CCC(=O)N12)C(=O)O. The monoisotopic (exact) mass is 314 g/mol. The molecule has 2 rings (SSSR count). The van der Waals surface area contributed by atoms with E-state index < -0.39 is 17.4 Å². The van der Waals surface area contributed by atoms with Crippen LogP contribution in [0.1, 0.15) is 40.0 Å². The topological polar surface area (TPSA) is 86.7 Å². The summed E-state index contributed by atoms with van der Waals surface area (Å²) in [6, 6.07) is -0.428. The van der Waals surface area contributed by atoms with Crippen molar-refractivity contribution >= 4 is 29.5 Å². The molecule has 0 radical (unpaired) electrons. The molecule has 0 saturated carbocycles. The van der Waals surface area contributed by atoms with Gasteiger partial charge in [-0.1, -0.05) is 0 Å². The lowest BCUT2D eigenvalue weighted by atomic mass is 9.90. The van der Waals surface area contributed by atoms with Crippen LogP contribution >= 0.6 is 11.8 Å². The van der Waals surface area contributed by atoms with Gasteiger partial charge in [-0.05, 0) is 33.6 Å². The van der Waals surface area contributed by atoms with Gasteiger partial charge >= 0.3 is 5.97 Å². The van der Waals surface area contributed by atoms with E-state index in [1.54, 1.807) is 30.5 Å². The fourth-order valence-corrected chi connectivity index (χ4v) is 4.17. The van der Waals surface area contributed by atoms with Crippen molar-refractivity contribution < 1.29 is 19.5 Å². The third-order valence-corrected chi connectivity index (χ3v) is 5.88. The smallest absolute Gasteiger partial charge is 0.309 e. The number of hydrogen-bond donors (Lipinski definition) is 2. The van der Waals surface area contributed by atoms with Crippen LogP contribution < -0.4 is 5.32 Å². The normalized spacial score (nSPS) is 28.6. The average Bonchev–Trinajstić information content (AvgIpc) is 2.86. The number of carbonyl (C=O) groups excluding carboxylic acids is 2. The zero-order valence-corrected chi connectivity index (χ0v) is 13.5. The number of amides is 2. The van der Waals surface area contributed by atoms with Gasteiger partial charge in [0.1, 0.15) is 6.04 Å². The van der Waals surface area contributed by atoms with Gasteiger partial charge in [-0.25, -0.2) is 0 Å². The Morgan fingerprint density at radius 3 is 2.81 bits per heavy atom. The molecule has 2 amide bonds. The zero-order chi connectivity index (χ0) is 15.8. The van der Waals surface area contributed by atoms with Gasteiger partial charge in [0, 0.05) is 18.7 Å². The summed E-state index contributed by atoms with van der Waals surface area (Å²) >= 11 is 1.65. The highest BCUT2D eigenvalue weighted by molar-refractivity contribution is 8.01. The van der Waals surface area contributed by atoms with E-state index in [4.69, 9.17) is 5.11 Å². The Morgan fingerprint density at radius 1 is 1.52 bits per heavy atom. The van der Waals surface area contributed by atoms with Crippen LogP contribution in [-0.4, -0.2) is 51.0 Å². The molecule has 2 unspecified atom stereocenters. The molecule has 118 valence electrons. The van der Waals surface area contributed by atoms with E-state index in [1.165, 1.54) is 0 Å². The van der Waals surface area contributed by atoms with Crippen LogP contribution in [-0.2, 0) is 14.4 Å². The fourth-order valence-electron chi connectivity index (χ4n) is 2.74. The van der Waals surface area contributed by atoms with Gasteiger partial charge in [0.05, 0.1) is 10.3 Å². The van der Waals surface area contributed by atoms with Crippen LogP contribution in [0.5, 0.6) is 0 Å². The molecule has 7 heteroatoms. The summed E-state index contributed by atoms with van der Waals surface area (Å²) in [5.41, 5.74) is -0.865. The average molecular weight is 314 g/mol. The van der Waals surface area contributed by atoms with Crippen LogP contribution in [0.25, 0.3) is 0 Å². The highest BCUT2D eigenvalue weighted by Crippen LogP contribution is 2.47. The van der Waals surface area contributed by atoms with Crippen molar-refractivity contribution in [2.45, 2.75) is 50.9 Å². The quantitative estimate of drug-likeness (QED) is 0.792. The lowest BCUT2D eigenvalue weighted by Crippen LogP contribution is -2.50. The molecular weight excluding hydrogens is 292 g/mol. The van der Waals surface area contributed by atoms with Crippen molar-refractivity contribution in [2.75, 3.05) is 12.3 Å². The van der Waals surface area contributed by atoms with E-state index in [0.29, 0.717) is 25.1 Å². The van der Waals surface area contributed by atoms with Crippen LogP contribution in [0.2, 0.25) is 0 Å². The molecule has 0 spiro atoms. The standard InChI is InChI=1S/C14H22N2O4S/c1-13(2,12(19)20)6-7-15-11(18)9-8-21-14(3)5-4-10(17)16(9)14/h9H,4-8H2,1-3H3,(H,15,18)(H,19,20). The van der Waals surface area contributed by atoms with Crippen LogP contribution in [0, 0.1) is 5.41 Å². The molecule has 2 fully saturated rings. The van der Waals surface area contributed by atoms with Gasteiger partial charge in [-0.3, -0.25) is 14.4 Å². The molecule has 2 atom stereocenters. The minimum atomic E-state index is -0.879. The lowest BCUT2D eigenvalue weighted by Gasteiger charge is -2.30. The van der Waals surface area contributed by atoms with Gasteiger partial charge in [-0.15, -0.1) is 11.8 Å². The Labute approximate surface area is 128 Å². The zero-order valence-electron chi connectivity index (χ0n) is 12.6. The van der Waals surface area contributed by atoms with E-state index in [-0.39, 0.29) is 16.7 Å². The number of carbonyl (C=O) groups is 3. The highest BCUT2D eigenvalue weighted by Gasteiger charge is 2.52. The molecule has 2 aliphatic rings. The molecule has 2 heterocycles. The van der Waals surface area contributed by atoms with Crippen LogP contribution in [0.4, 0.5) is 0 Å². The minimum Gasteiger partial charge on any atom is -0.481 e. The Morgan fingerprint density at radius 2 is 2.19 bits per heavy atom. The summed E-state index contributed by atoms with van der Waals surface area (Å²) in [5, 5.41) is 11.8. The summed E-state index contributed by atoms with van der Waals surface area (Å²) in [6.45, 7) is 5.57. The molecule has 2 aliphatic heterocycles. The first-order chi connectivity index (χ1) is 9.67. The van der Waals surface area contributed by atoms with Gasteiger partial charge in [0.15, 0.2) is 0 Å². The number of fused-ring (bicyclic) bond motifs is 1. The number of nitrogens with one attached hydrogen (secondary N) is 1. The van der Waals surface area contributed by atoms with Crippen molar-refractivity contribution in [3.05, 3.63) is 0 Å². The number of rotatable bonds is 5. The number of carboxylic acid groups (broad SMARTS) is 1. The summed E-state index contributed by atoms with van der Waals surface area (Å²) < 4.78 is 0. The second-order valence-corrected chi connectivity index (χ2v) is 8.00. The largest absolute Gasteiger partial charge is 0.481 e. The van der Waals surface area contributed by atoms with E-state index in [0.717, 1.165) is 6.42 Å². The minimum absolute atomic E-state index is 0.0357. The van der Waals surface area contributed by atoms with Gasteiger partial charge in [0.2, 0.25) is 11.8 Å². The van der Waals surface area contributed by atoms with Crippen molar-refractivity contribution in [1.82, 2.24) is 10.2 Å². The molecule has 0 aromatic carbocycles. The van der Waals surface area contributed by atoms with Crippen LogP contribution in [0.15, 0.2) is 0 Å². The van der Waals surface area contributed by atoms with E-state index in [9.17, 15) is 14.4 Å². The number of carboxylic acids is 1. The van der Waals surface area contributed by atoms with E-state index in [2.05, 4.69) is 5.32 Å². The van der Waals surface area contributed by atoms with Crippen molar-refractivity contribution in [3.8, 4) is 0 Å².